The van der Waals surface area contributed by atoms with Gasteiger partial charge in [-0.3, -0.25) is 10.1 Å². The lowest BCUT2D eigenvalue weighted by molar-refractivity contribution is 1.05. The molecule has 0 saturated carbocycles. The monoisotopic (exact) mass is 302 g/mol. The van der Waals surface area contributed by atoms with Gasteiger partial charge in [0.2, 0.25) is 0 Å². The minimum Gasteiger partial charge on any atom is -0.323 e. The average Bonchev–Trinajstić information content (AvgIpc) is 3.00. The molecule has 0 aliphatic carbocycles. The third kappa shape index (κ3) is 2.62. The quantitative estimate of drug-likeness (QED) is 0.606. The number of hydrogen-bond acceptors (Lipinski definition) is 5. The van der Waals surface area contributed by atoms with E-state index < -0.39 is 0 Å². The zero-order chi connectivity index (χ0) is 15.6. The number of anilines is 2. The van der Waals surface area contributed by atoms with E-state index in [1.807, 2.05) is 49.4 Å². The first-order valence-electron chi connectivity index (χ1n) is 7.26. The van der Waals surface area contributed by atoms with E-state index in [-0.39, 0.29) is 0 Å². The van der Waals surface area contributed by atoms with Crippen LogP contribution in [0.15, 0.2) is 54.9 Å². The molecule has 2 N–H and O–H groups in total. The summed E-state index contributed by atoms with van der Waals surface area (Å²) in [6.07, 6.45) is 3.47. The van der Waals surface area contributed by atoms with Crippen molar-refractivity contribution in [2.24, 2.45) is 0 Å². The molecule has 6 nitrogen and oxygen atoms in total. The van der Waals surface area contributed by atoms with Crippen LogP contribution in [0, 0.1) is 6.92 Å². The molecule has 0 bridgehead atoms. The summed E-state index contributed by atoms with van der Waals surface area (Å²) in [7, 11) is 0. The maximum Gasteiger partial charge on any atom is 0.162 e. The molecule has 23 heavy (non-hydrogen) atoms. The van der Waals surface area contributed by atoms with Crippen molar-refractivity contribution >= 4 is 22.5 Å². The Bertz CT molecular complexity index is 961. The molecule has 6 heteroatoms. The lowest BCUT2D eigenvalue weighted by atomic mass is 10.2. The van der Waals surface area contributed by atoms with Crippen LogP contribution in [0.5, 0.6) is 0 Å². The first-order chi connectivity index (χ1) is 11.3. The van der Waals surface area contributed by atoms with Crippen molar-refractivity contribution < 1.29 is 0 Å². The van der Waals surface area contributed by atoms with E-state index in [1.54, 1.807) is 12.4 Å². The van der Waals surface area contributed by atoms with Crippen LogP contribution >= 0.6 is 0 Å². The molecule has 4 aromatic rings. The van der Waals surface area contributed by atoms with Gasteiger partial charge < -0.3 is 5.32 Å². The summed E-state index contributed by atoms with van der Waals surface area (Å²) in [6, 6.07) is 13.7. The van der Waals surface area contributed by atoms with Gasteiger partial charge in [0, 0.05) is 28.9 Å². The molecular weight excluding hydrogens is 288 g/mol. The lowest BCUT2D eigenvalue weighted by Gasteiger charge is -2.09. The molecule has 0 aliphatic heterocycles. The fourth-order valence-corrected chi connectivity index (χ4v) is 2.40. The molecule has 0 amide bonds. The second kappa shape index (κ2) is 5.49. The van der Waals surface area contributed by atoms with E-state index in [2.05, 4.69) is 30.5 Å². The van der Waals surface area contributed by atoms with Crippen molar-refractivity contribution in [3.05, 3.63) is 60.6 Å². The molecule has 0 fully saturated rings. The minimum atomic E-state index is 0.654. The summed E-state index contributed by atoms with van der Waals surface area (Å²) < 4.78 is 0. The molecular formula is C17H14N6. The van der Waals surface area contributed by atoms with Crippen LogP contribution in [0.25, 0.3) is 22.3 Å². The van der Waals surface area contributed by atoms with Crippen molar-refractivity contribution in [1.29, 1.82) is 0 Å². The van der Waals surface area contributed by atoms with E-state index in [0.29, 0.717) is 11.6 Å². The smallest absolute Gasteiger partial charge is 0.162 e. The van der Waals surface area contributed by atoms with Gasteiger partial charge in [0.05, 0.1) is 11.7 Å². The standard InChI is InChI=1S/C17H14N6/c1-11-9-15(23-22-11)20-17-13-7-8-18-10-14(13)19-16(21-17)12-5-3-2-4-6-12/h2-10H,1H3,(H2,19,20,21,22,23). The molecule has 0 aliphatic rings. The van der Waals surface area contributed by atoms with Gasteiger partial charge in [-0.15, -0.1) is 0 Å². The molecule has 0 saturated heterocycles. The zero-order valence-electron chi connectivity index (χ0n) is 12.5. The van der Waals surface area contributed by atoms with E-state index >= 15 is 0 Å². The van der Waals surface area contributed by atoms with Gasteiger partial charge in [0.15, 0.2) is 11.6 Å². The summed E-state index contributed by atoms with van der Waals surface area (Å²) in [5.41, 5.74) is 2.73. The Morgan fingerprint density at radius 1 is 1.04 bits per heavy atom. The maximum absolute atomic E-state index is 4.67. The number of aromatic amines is 1. The first kappa shape index (κ1) is 13.4. The Balaban J connectivity index is 1.87. The van der Waals surface area contributed by atoms with Crippen LogP contribution in [0.1, 0.15) is 5.69 Å². The number of hydrogen-bond donors (Lipinski definition) is 2. The highest BCUT2D eigenvalue weighted by Crippen LogP contribution is 2.26. The van der Waals surface area contributed by atoms with Gasteiger partial charge in [0.1, 0.15) is 5.82 Å². The number of nitrogens with zero attached hydrogens (tertiary/aromatic N) is 4. The van der Waals surface area contributed by atoms with Gasteiger partial charge in [-0.25, -0.2) is 9.97 Å². The summed E-state index contributed by atoms with van der Waals surface area (Å²) in [5.74, 6) is 2.09. The van der Waals surface area contributed by atoms with Gasteiger partial charge in [-0.1, -0.05) is 30.3 Å². The molecule has 4 rings (SSSR count). The average molecular weight is 302 g/mol. The highest BCUT2D eigenvalue weighted by molar-refractivity contribution is 5.91. The first-order valence-corrected chi connectivity index (χ1v) is 7.26. The van der Waals surface area contributed by atoms with Gasteiger partial charge >= 0.3 is 0 Å². The number of aromatic nitrogens is 5. The number of fused-ring (bicyclic) bond motifs is 1. The molecule has 1 aromatic carbocycles. The number of nitrogens with one attached hydrogen (secondary N) is 2. The normalized spacial score (nSPS) is 10.8. The lowest BCUT2D eigenvalue weighted by Crippen LogP contribution is -2.00. The SMILES string of the molecule is Cc1cc(Nc2nc(-c3ccccc3)nc3cnccc23)n[nH]1. The molecule has 3 heterocycles. The second-order valence-electron chi connectivity index (χ2n) is 5.22. The van der Waals surface area contributed by atoms with Crippen LogP contribution in [-0.4, -0.2) is 25.1 Å². The van der Waals surface area contributed by atoms with Gasteiger partial charge in [-0.05, 0) is 13.0 Å². The summed E-state index contributed by atoms with van der Waals surface area (Å²) in [6.45, 7) is 1.95. The molecule has 112 valence electrons. The zero-order valence-corrected chi connectivity index (χ0v) is 12.5. The third-order valence-corrected chi connectivity index (χ3v) is 3.48. The number of aryl methyl sites for hydroxylation is 1. The van der Waals surface area contributed by atoms with E-state index in [9.17, 15) is 0 Å². The predicted octanol–water partition coefficient (Wildman–Crippen LogP) is 3.47. The molecule has 0 radical (unpaired) electrons. The summed E-state index contributed by atoms with van der Waals surface area (Å²) in [4.78, 5) is 13.4. The van der Waals surface area contributed by atoms with Gasteiger partial charge in [-0.2, -0.15) is 5.10 Å². The van der Waals surface area contributed by atoms with Crippen LogP contribution in [-0.2, 0) is 0 Å². The number of rotatable bonds is 3. The van der Waals surface area contributed by atoms with E-state index in [0.717, 1.165) is 28.0 Å². The van der Waals surface area contributed by atoms with Crippen molar-refractivity contribution in [3.8, 4) is 11.4 Å². The van der Waals surface area contributed by atoms with Crippen molar-refractivity contribution in [2.45, 2.75) is 6.92 Å². The highest BCUT2D eigenvalue weighted by atomic mass is 15.2. The maximum atomic E-state index is 4.67. The van der Waals surface area contributed by atoms with Crippen molar-refractivity contribution in [3.63, 3.8) is 0 Å². The number of benzene rings is 1. The van der Waals surface area contributed by atoms with Crippen molar-refractivity contribution in [2.75, 3.05) is 5.32 Å². The molecule has 3 aromatic heterocycles. The fraction of sp³-hybridized carbons (Fsp3) is 0.0588. The fourth-order valence-electron chi connectivity index (χ4n) is 2.40. The topological polar surface area (TPSA) is 79.4 Å². The highest BCUT2D eigenvalue weighted by Gasteiger charge is 2.10. The third-order valence-electron chi connectivity index (χ3n) is 3.48. The summed E-state index contributed by atoms with van der Waals surface area (Å²) in [5, 5.41) is 11.3. The van der Waals surface area contributed by atoms with Crippen LogP contribution in [0.2, 0.25) is 0 Å². The van der Waals surface area contributed by atoms with Crippen LogP contribution in [0.4, 0.5) is 11.6 Å². The summed E-state index contributed by atoms with van der Waals surface area (Å²) >= 11 is 0. The Hall–Kier alpha value is -3.28. The van der Waals surface area contributed by atoms with Crippen LogP contribution < -0.4 is 5.32 Å². The molecule has 0 unspecified atom stereocenters. The predicted molar refractivity (Wildman–Crippen MR) is 89.4 cm³/mol. The van der Waals surface area contributed by atoms with Crippen molar-refractivity contribution in [1.82, 2.24) is 25.1 Å². The molecule has 0 atom stereocenters. The van der Waals surface area contributed by atoms with Crippen LogP contribution in [0.3, 0.4) is 0 Å². The van der Waals surface area contributed by atoms with E-state index in [1.165, 1.54) is 0 Å². The second-order valence-corrected chi connectivity index (χ2v) is 5.22. The largest absolute Gasteiger partial charge is 0.323 e. The number of H-pyrrole nitrogens is 1. The Labute approximate surface area is 132 Å². The minimum absolute atomic E-state index is 0.654. The molecule has 0 spiro atoms. The van der Waals surface area contributed by atoms with Gasteiger partial charge in [0.25, 0.3) is 0 Å². The Morgan fingerprint density at radius 2 is 1.91 bits per heavy atom. The Kier molecular flexibility index (Phi) is 3.20. The number of pyridine rings is 1. The van der Waals surface area contributed by atoms with E-state index in [4.69, 9.17) is 0 Å². The Morgan fingerprint density at radius 3 is 2.70 bits per heavy atom.